The molecule has 0 saturated carbocycles. The van der Waals surface area contributed by atoms with Gasteiger partial charge in [-0.1, -0.05) is 48.5 Å². The smallest absolute Gasteiger partial charge is 0.416 e. The summed E-state index contributed by atoms with van der Waals surface area (Å²) in [6.45, 7) is 4.16. The SMILES string of the molecule is Cc1c(-c2ccnn2-c2ccc(C#N)cc2)n(C(=O)NC(C)c2ccc(C[N+](C)(C)C)cc2)c(=O)n1-c1cccc(C(F)(F)F)c1.O=S(=O)([O-])c1ccccc1. The monoisotopic (exact) mass is 785 g/mol. The Labute approximate surface area is 321 Å². The number of alkyl halides is 3. The average molecular weight is 786 g/mol. The Balaban J connectivity index is 0.000000522. The van der Waals surface area contributed by atoms with E-state index in [0.717, 1.165) is 43.4 Å². The summed E-state index contributed by atoms with van der Waals surface area (Å²) in [7, 11) is 2.02. The number of quaternary nitrogens is 1. The van der Waals surface area contributed by atoms with Gasteiger partial charge in [0.2, 0.25) is 0 Å². The van der Waals surface area contributed by atoms with Gasteiger partial charge in [-0.25, -0.2) is 27.3 Å². The second kappa shape index (κ2) is 16.2. The van der Waals surface area contributed by atoms with E-state index in [-0.39, 0.29) is 22.0 Å². The summed E-state index contributed by atoms with van der Waals surface area (Å²) < 4.78 is 76.0. The van der Waals surface area contributed by atoms with Gasteiger partial charge in [-0.05, 0) is 80.1 Å². The van der Waals surface area contributed by atoms with Gasteiger partial charge in [0.1, 0.15) is 22.4 Å². The van der Waals surface area contributed by atoms with E-state index >= 15 is 0 Å². The van der Waals surface area contributed by atoms with Gasteiger partial charge in [0.05, 0.1) is 78.2 Å². The van der Waals surface area contributed by atoms with Crippen molar-refractivity contribution in [2.75, 3.05) is 21.1 Å². The summed E-state index contributed by atoms with van der Waals surface area (Å²) in [5, 5.41) is 16.5. The van der Waals surface area contributed by atoms with Crippen molar-refractivity contribution in [3.8, 4) is 28.8 Å². The van der Waals surface area contributed by atoms with Gasteiger partial charge < -0.3 is 14.4 Å². The van der Waals surface area contributed by atoms with Crippen molar-refractivity contribution >= 4 is 16.1 Å². The number of benzene rings is 4. The highest BCUT2D eigenvalue weighted by atomic mass is 32.2. The van der Waals surface area contributed by atoms with Crippen molar-refractivity contribution in [2.45, 2.75) is 37.5 Å². The second-order valence-electron chi connectivity index (χ2n) is 13.9. The zero-order chi connectivity index (χ0) is 41.0. The Kier molecular flexibility index (Phi) is 11.8. The molecule has 1 amide bonds. The van der Waals surface area contributed by atoms with Crippen LogP contribution >= 0.6 is 0 Å². The zero-order valence-electron chi connectivity index (χ0n) is 31.0. The highest BCUT2D eigenvalue weighted by Gasteiger charge is 2.32. The molecular weight excluding hydrogens is 748 g/mol. The second-order valence-corrected chi connectivity index (χ2v) is 15.2. The van der Waals surface area contributed by atoms with Crippen LogP contribution in [0, 0.1) is 18.3 Å². The molecule has 290 valence electrons. The quantitative estimate of drug-likeness (QED) is 0.131. The maximum Gasteiger partial charge on any atom is 0.416 e. The molecule has 2 aromatic heterocycles. The lowest BCUT2D eigenvalue weighted by molar-refractivity contribution is -0.884. The first kappa shape index (κ1) is 40.9. The van der Waals surface area contributed by atoms with Crippen molar-refractivity contribution in [3.05, 3.63) is 154 Å². The van der Waals surface area contributed by atoms with E-state index in [1.54, 1.807) is 50.2 Å². The fraction of sp³-hybridized carbons (Fsp3) is 0.200. The Hall–Kier alpha value is -6.28. The number of hydrogen-bond donors (Lipinski definition) is 1. The minimum absolute atomic E-state index is 0.0459. The summed E-state index contributed by atoms with van der Waals surface area (Å²) in [6.07, 6.45) is -3.15. The molecule has 1 N–H and O–H groups in total. The van der Waals surface area contributed by atoms with Gasteiger partial charge in [-0.15, -0.1) is 0 Å². The minimum atomic E-state index is -4.64. The molecule has 0 bridgehead atoms. The molecule has 0 aliphatic carbocycles. The summed E-state index contributed by atoms with van der Waals surface area (Å²) in [4.78, 5) is 27.8. The van der Waals surface area contributed by atoms with Crippen LogP contribution in [0.5, 0.6) is 0 Å². The minimum Gasteiger partial charge on any atom is -0.744 e. The fourth-order valence-electron chi connectivity index (χ4n) is 5.97. The number of carbonyl (C=O) groups is 1. The molecule has 0 aliphatic rings. The van der Waals surface area contributed by atoms with Crippen LogP contribution in [0.15, 0.2) is 125 Å². The van der Waals surface area contributed by atoms with Crippen LogP contribution in [0.1, 0.15) is 40.9 Å². The molecule has 0 spiro atoms. The predicted octanol–water partition coefficient (Wildman–Crippen LogP) is 6.81. The highest BCUT2D eigenvalue weighted by molar-refractivity contribution is 7.85. The molecule has 0 saturated heterocycles. The van der Waals surface area contributed by atoms with E-state index in [9.17, 15) is 41.0 Å². The first-order valence-corrected chi connectivity index (χ1v) is 18.5. The van der Waals surface area contributed by atoms with E-state index in [1.165, 1.54) is 47.3 Å². The number of aromatic nitrogens is 4. The fourth-order valence-corrected chi connectivity index (χ4v) is 6.46. The normalized spacial score (nSPS) is 12.3. The van der Waals surface area contributed by atoms with Crippen LogP contribution in [-0.2, 0) is 22.8 Å². The van der Waals surface area contributed by atoms with Crippen molar-refractivity contribution < 1.29 is 35.4 Å². The Morgan fingerprint density at radius 2 is 1.57 bits per heavy atom. The van der Waals surface area contributed by atoms with Gasteiger partial charge >= 0.3 is 17.9 Å². The number of rotatable bonds is 8. The molecule has 2 heterocycles. The number of carbonyl (C=O) groups excluding carboxylic acids is 1. The molecule has 6 rings (SSSR count). The Morgan fingerprint density at radius 3 is 2.12 bits per heavy atom. The van der Waals surface area contributed by atoms with Gasteiger partial charge in [0.15, 0.2) is 0 Å². The van der Waals surface area contributed by atoms with E-state index in [4.69, 9.17) is 0 Å². The van der Waals surface area contributed by atoms with Gasteiger partial charge in [-0.2, -0.15) is 23.5 Å². The first-order valence-electron chi connectivity index (χ1n) is 17.1. The molecule has 4 aromatic carbocycles. The molecule has 56 heavy (non-hydrogen) atoms. The topological polar surface area (TPSA) is 155 Å². The van der Waals surface area contributed by atoms with E-state index < -0.39 is 39.6 Å². The first-order chi connectivity index (χ1) is 26.3. The lowest BCUT2D eigenvalue weighted by Crippen LogP contribution is -2.38. The zero-order valence-corrected chi connectivity index (χ0v) is 31.8. The standard InChI is InChI=1S/C34H32F3N7O2.C6H6O3S/c1-22(26-13-9-25(10-14-26)21-44(3,4)5)40-32(45)42-31(30-17-18-39-43(30)28-15-11-24(20-38)12-16-28)23(2)41(33(42)46)29-8-6-7-27(19-29)34(35,36)37;7-10(8,9)6-4-2-1-3-5-6/h6-19,22H,21H2,1-5H3;1-5H,(H,7,8,9). The molecule has 12 nitrogen and oxygen atoms in total. The van der Waals surface area contributed by atoms with E-state index in [1.807, 2.05) is 24.3 Å². The van der Waals surface area contributed by atoms with Crippen LogP contribution < -0.4 is 11.0 Å². The summed E-state index contributed by atoms with van der Waals surface area (Å²) in [5.74, 6) is 0. The predicted molar refractivity (Wildman–Crippen MR) is 202 cm³/mol. The largest absolute Gasteiger partial charge is 0.744 e. The number of halogens is 3. The van der Waals surface area contributed by atoms with Crippen molar-refractivity contribution in [1.29, 1.82) is 5.26 Å². The lowest BCUT2D eigenvalue weighted by Gasteiger charge is -2.24. The molecule has 1 atom stereocenters. The molecule has 0 aliphatic heterocycles. The Bertz CT molecular complexity index is 2550. The average Bonchev–Trinajstić information content (AvgIpc) is 3.72. The van der Waals surface area contributed by atoms with Crippen LogP contribution in [0.4, 0.5) is 18.0 Å². The van der Waals surface area contributed by atoms with E-state index in [0.29, 0.717) is 16.9 Å². The molecule has 6 aromatic rings. The summed E-state index contributed by atoms with van der Waals surface area (Å²) >= 11 is 0. The molecule has 0 radical (unpaired) electrons. The van der Waals surface area contributed by atoms with E-state index in [2.05, 4.69) is 37.6 Å². The van der Waals surface area contributed by atoms with Crippen molar-refractivity contribution in [2.24, 2.45) is 0 Å². The third-order valence-corrected chi connectivity index (χ3v) is 9.40. The number of nitrogens with zero attached hydrogens (tertiary/aromatic N) is 6. The van der Waals surface area contributed by atoms with Gasteiger partial charge in [0, 0.05) is 5.56 Å². The number of amides is 1. The van der Waals surface area contributed by atoms with Gasteiger partial charge in [-0.3, -0.25) is 4.57 Å². The number of hydrogen-bond acceptors (Lipinski definition) is 7. The highest BCUT2D eigenvalue weighted by Crippen LogP contribution is 2.32. The Morgan fingerprint density at radius 1 is 0.929 bits per heavy atom. The van der Waals surface area contributed by atoms with Crippen LogP contribution in [0.3, 0.4) is 0 Å². The number of nitriles is 1. The van der Waals surface area contributed by atoms with Crippen molar-refractivity contribution in [3.63, 3.8) is 0 Å². The molecule has 0 fully saturated rings. The maximum absolute atomic E-state index is 14.1. The summed E-state index contributed by atoms with van der Waals surface area (Å²) in [5.41, 5.74) is 1.81. The van der Waals surface area contributed by atoms with Crippen LogP contribution in [0.2, 0.25) is 0 Å². The maximum atomic E-state index is 14.1. The number of imidazole rings is 1. The van der Waals surface area contributed by atoms with Crippen molar-refractivity contribution in [1.82, 2.24) is 24.2 Å². The van der Waals surface area contributed by atoms with Crippen LogP contribution in [0.25, 0.3) is 22.8 Å². The molecule has 16 heteroatoms. The molecule has 1 unspecified atom stereocenters. The lowest BCUT2D eigenvalue weighted by atomic mass is 10.1. The van der Waals surface area contributed by atoms with Gasteiger partial charge in [0.25, 0.3) is 0 Å². The third-order valence-electron chi connectivity index (χ3n) is 8.55. The third kappa shape index (κ3) is 9.50. The summed E-state index contributed by atoms with van der Waals surface area (Å²) in [6, 6.07) is 28.3. The van der Waals surface area contributed by atoms with Crippen LogP contribution in [-0.4, -0.2) is 63.5 Å². The number of nitrogens with one attached hydrogen (secondary N) is 1. The molecular formula is C40H38F3N7O5S.